The highest BCUT2D eigenvalue weighted by molar-refractivity contribution is 5.84. The van der Waals surface area contributed by atoms with Gasteiger partial charge in [0.15, 0.2) is 0 Å². The molecule has 144 valence electrons. The minimum Gasteiger partial charge on any atom is -0.0655 e. The first-order valence-corrected chi connectivity index (χ1v) is 10.5. The number of fused-ring (bicyclic) bond motifs is 1. The van der Waals surface area contributed by atoms with Gasteiger partial charge in [0.25, 0.3) is 0 Å². The van der Waals surface area contributed by atoms with Gasteiger partial charge in [0.05, 0.1) is 0 Å². The summed E-state index contributed by atoms with van der Waals surface area (Å²) in [4.78, 5) is 0. The van der Waals surface area contributed by atoms with Crippen molar-refractivity contribution in [3.63, 3.8) is 0 Å². The summed E-state index contributed by atoms with van der Waals surface area (Å²) >= 11 is 0. The highest BCUT2D eigenvalue weighted by Gasteiger charge is 2.24. The van der Waals surface area contributed by atoms with Crippen molar-refractivity contribution in [2.24, 2.45) is 0 Å². The monoisotopic (exact) mass is 360 g/mol. The molecule has 2 aromatic rings. The van der Waals surface area contributed by atoms with Gasteiger partial charge in [-0.25, -0.2) is 0 Å². The van der Waals surface area contributed by atoms with E-state index >= 15 is 0 Å². The predicted octanol–water partition coefficient (Wildman–Crippen LogP) is 7.86. The molecule has 0 unspecified atom stereocenters. The maximum Gasteiger partial charge on any atom is -0.00577 e. The highest BCUT2D eigenvalue weighted by Crippen LogP contribution is 2.41. The van der Waals surface area contributed by atoms with Crippen LogP contribution in [-0.4, -0.2) is 0 Å². The van der Waals surface area contributed by atoms with E-state index in [1.165, 1.54) is 38.9 Å². The Balaban J connectivity index is 2.32. The molecule has 0 radical (unpaired) electrons. The second kappa shape index (κ2) is 6.97. The zero-order valence-corrected chi connectivity index (χ0v) is 18.6. The fourth-order valence-corrected chi connectivity index (χ4v) is 4.03. The average Bonchev–Trinajstić information content (AvgIpc) is 3.02. The Hall–Kier alpha value is -1.82. The molecule has 0 saturated carbocycles. The van der Waals surface area contributed by atoms with Crippen LogP contribution in [0.4, 0.5) is 0 Å². The minimum atomic E-state index is 0.144. The molecule has 0 amide bonds. The third kappa shape index (κ3) is 3.91. The Morgan fingerprint density at radius 1 is 0.778 bits per heavy atom. The predicted molar refractivity (Wildman–Crippen MR) is 121 cm³/mol. The normalized spacial score (nSPS) is 14.3. The molecule has 0 aliphatic heterocycles. The Kier molecular flexibility index (Phi) is 5.14. The minimum absolute atomic E-state index is 0.144. The molecule has 0 N–H and O–H groups in total. The summed E-state index contributed by atoms with van der Waals surface area (Å²) in [6.45, 7) is 18.5. The Bertz CT molecular complexity index is 847. The van der Waals surface area contributed by atoms with Gasteiger partial charge in [-0.15, -0.1) is 0 Å². The van der Waals surface area contributed by atoms with Gasteiger partial charge in [-0.05, 0) is 69.0 Å². The Morgan fingerprint density at radius 2 is 1.37 bits per heavy atom. The van der Waals surface area contributed by atoms with Crippen LogP contribution in [0.25, 0.3) is 17.2 Å². The van der Waals surface area contributed by atoms with E-state index in [1.807, 2.05) is 0 Å². The lowest BCUT2D eigenvalue weighted by atomic mass is 9.78. The van der Waals surface area contributed by atoms with Crippen LogP contribution in [0.2, 0.25) is 0 Å². The largest absolute Gasteiger partial charge is 0.0655 e. The maximum absolute atomic E-state index is 2.46. The van der Waals surface area contributed by atoms with E-state index in [9.17, 15) is 0 Å². The van der Waals surface area contributed by atoms with Gasteiger partial charge in [0, 0.05) is 0 Å². The van der Waals surface area contributed by atoms with Crippen LogP contribution in [0, 0.1) is 0 Å². The van der Waals surface area contributed by atoms with Gasteiger partial charge in [-0.2, -0.15) is 0 Å². The molecule has 1 aliphatic carbocycles. The molecule has 0 nitrogen and oxygen atoms in total. The van der Waals surface area contributed by atoms with Gasteiger partial charge >= 0.3 is 0 Å². The van der Waals surface area contributed by atoms with Crippen molar-refractivity contribution in [2.45, 2.75) is 85.5 Å². The molecule has 0 saturated heterocycles. The van der Waals surface area contributed by atoms with Gasteiger partial charge in [0.2, 0.25) is 0 Å². The van der Waals surface area contributed by atoms with E-state index in [-0.39, 0.29) is 10.8 Å². The summed E-state index contributed by atoms with van der Waals surface area (Å²) in [5.74, 6) is 0. The number of hydrogen-bond acceptors (Lipinski definition) is 0. The number of allylic oxidation sites excluding steroid dienone is 1. The zero-order valence-electron chi connectivity index (χ0n) is 18.6. The topological polar surface area (TPSA) is 0 Å². The van der Waals surface area contributed by atoms with Crippen LogP contribution in [0.15, 0.2) is 35.9 Å². The quantitative estimate of drug-likeness (QED) is 0.522. The van der Waals surface area contributed by atoms with Crippen molar-refractivity contribution in [2.75, 3.05) is 0 Å². The van der Waals surface area contributed by atoms with Crippen LogP contribution in [0.1, 0.15) is 89.6 Å². The lowest BCUT2D eigenvalue weighted by Gasteiger charge is -2.27. The SMILES string of the molecule is CCC1=Cc2c(ccc(CC)c2-c2cc(C(C)(C)C)cc(C(C)(C)C)c2)C1. The fraction of sp³-hybridized carbons (Fsp3) is 0.481. The van der Waals surface area contributed by atoms with Crippen molar-refractivity contribution >= 4 is 6.08 Å². The third-order valence-corrected chi connectivity index (χ3v) is 5.98. The summed E-state index contributed by atoms with van der Waals surface area (Å²) in [5, 5.41) is 0. The molecule has 0 bridgehead atoms. The van der Waals surface area contributed by atoms with Crippen LogP contribution in [0.5, 0.6) is 0 Å². The van der Waals surface area contributed by atoms with E-state index in [0.29, 0.717) is 0 Å². The van der Waals surface area contributed by atoms with Crippen LogP contribution >= 0.6 is 0 Å². The molecule has 0 heteroatoms. The average molecular weight is 361 g/mol. The second-order valence-corrected chi connectivity index (χ2v) is 10.2. The highest BCUT2D eigenvalue weighted by atomic mass is 14.3. The van der Waals surface area contributed by atoms with Crippen LogP contribution in [-0.2, 0) is 23.7 Å². The molecule has 2 aromatic carbocycles. The Labute approximate surface area is 166 Å². The maximum atomic E-state index is 2.46. The summed E-state index contributed by atoms with van der Waals surface area (Å²) in [7, 11) is 0. The van der Waals surface area contributed by atoms with Crippen molar-refractivity contribution in [3.05, 3.63) is 63.7 Å². The van der Waals surface area contributed by atoms with E-state index < -0.39 is 0 Å². The van der Waals surface area contributed by atoms with Gasteiger partial charge < -0.3 is 0 Å². The number of benzene rings is 2. The number of rotatable bonds is 3. The van der Waals surface area contributed by atoms with E-state index in [0.717, 1.165) is 19.3 Å². The molecule has 0 atom stereocenters. The molecule has 1 aliphatic rings. The number of aryl methyl sites for hydroxylation is 1. The third-order valence-electron chi connectivity index (χ3n) is 5.98. The molecule has 0 spiro atoms. The lowest BCUT2D eigenvalue weighted by molar-refractivity contribution is 0.569. The van der Waals surface area contributed by atoms with Gasteiger partial charge in [-0.3, -0.25) is 0 Å². The smallest absolute Gasteiger partial charge is 0.00577 e. The van der Waals surface area contributed by atoms with E-state index in [1.54, 1.807) is 5.57 Å². The molecular formula is C27H36. The second-order valence-electron chi connectivity index (χ2n) is 10.2. The molecule has 0 heterocycles. The molecule has 0 fully saturated rings. The van der Waals surface area contributed by atoms with E-state index in [2.05, 4.69) is 91.8 Å². The van der Waals surface area contributed by atoms with Crippen molar-refractivity contribution in [1.29, 1.82) is 0 Å². The van der Waals surface area contributed by atoms with Gasteiger partial charge in [-0.1, -0.05) is 97.4 Å². The first-order chi connectivity index (χ1) is 12.5. The van der Waals surface area contributed by atoms with Gasteiger partial charge in [0.1, 0.15) is 0 Å². The molecule has 3 rings (SSSR count). The van der Waals surface area contributed by atoms with Crippen molar-refractivity contribution < 1.29 is 0 Å². The van der Waals surface area contributed by atoms with Crippen LogP contribution in [0.3, 0.4) is 0 Å². The first-order valence-electron chi connectivity index (χ1n) is 10.5. The summed E-state index contributed by atoms with van der Waals surface area (Å²) < 4.78 is 0. The first kappa shape index (κ1) is 19.9. The standard InChI is InChI=1S/C27H36/c1-9-18-13-20-12-11-19(10-2)25(24(20)14-18)21-15-22(26(3,4)5)17-23(16-21)27(6,7)8/h11-12,14-17H,9-10,13H2,1-8H3. The molecule has 27 heavy (non-hydrogen) atoms. The fourth-order valence-electron chi connectivity index (χ4n) is 4.03. The summed E-state index contributed by atoms with van der Waals surface area (Å²) in [6, 6.07) is 12.0. The zero-order chi connectivity index (χ0) is 20.0. The van der Waals surface area contributed by atoms with Crippen molar-refractivity contribution in [3.8, 4) is 11.1 Å². The summed E-state index contributed by atoms with van der Waals surface area (Å²) in [5.41, 5.74) is 12.0. The number of hydrogen-bond donors (Lipinski definition) is 0. The molecular weight excluding hydrogens is 324 g/mol. The lowest BCUT2D eigenvalue weighted by Crippen LogP contribution is -2.16. The van der Waals surface area contributed by atoms with E-state index in [4.69, 9.17) is 0 Å². The van der Waals surface area contributed by atoms with Crippen molar-refractivity contribution in [1.82, 2.24) is 0 Å². The summed E-state index contributed by atoms with van der Waals surface area (Å²) in [6.07, 6.45) is 5.80. The Morgan fingerprint density at radius 3 is 1.85 bits per heavy atom. The van der Waals surface area contributed by atoms with Crippen LogP contribution < -0.4 is 0 Å². The molecule has 0 aromatic heterocycles.